The molecule has 2 aromatic rings. The summed E-state index contributed by atoms with van der Waals surface area (Å²) < 4.78 is 0. The molecule has 0 unspecified atom stereocenters. The van der Waals surface area contributed by atoms with Crippen LogP contribution in [-0.2, 0) is 9.59 Å². The van der Waals surface area contributed by atoms with Crippen molar-refractivity contribution in [2.75, 3.05) is 5.32 Å². The van der Waals surface area contributed by atoms with Gasteiger partial charge in [0.15, 0.2) is 0 Å². The lowest BCUT2D eigenvalue weighted by Gasteiger charge is -2.09. The first kappa shape index (κ1) is 15.4. The zero-order valence-corrected chi connectivity index (χ0v) is 12.5. The number of hydrogen-bond acceptors (Lipinski definition) is 3. The molecule has 0 fully saturated rings. The second-order valence-electron chi connectivity index (χ2n) is 4.81. The van der Waals surface area contributed by atoms with Crippen molar-refractivity contribution in [3.63, 3.8) is 0 Å². The summed E-state index contributed by atoms with van der Waals surface area (Å²) in [4.78, 5) is 23.5. The molecular formula is C17H17N3O2. The number of carbonyl (C=O) groups is 2. The van der Waals surface area contributed by atoms with Gasteiger partial charge in [-0.1, -0.05) is 42.5 Å². The summed E-state index contributed by atoms with van der Waals surface area (Å²) in [6.45, 7) is 3.83. The highest BCUT2D eigenvalue weighted by molar-refractivity contribution is 6.39. The Labute approximate surface area is 129 Å². The minimum absolute atomic E-state index is 0.618. The third-order valence-electron chi connectivity index (χ3n) is 3.24. The van der Waals surface area contributed by atoms with Crippen LogP contribution in [0.25, 0.3) is 0 Å². The zero-order valence-electron chi connectivity index (χ0n) is 12.5. The summed E-state index contributed by atoms with van der Waals surface area (Å²) in [5.74, 6) is -1.56. The molecule has 5 nitrogen and oxygen atoms in total. The van der Waals surface area contributed by atoms with Crippen molar-refractivity contribution in [1.29, 1.82) is 0 Å². The van der Waals surface area contributed by atoms with Gasteiger partial charge in [0.2, 0.25) is 0 Å². The number of hydrazone groups is 1. The number of hydrogen-bond donors (Lipinski definition) is 2. The highest BCUT2D eigenvalue weighted by atomic mass is 16.2. The number of carbonyl (C=O) groups excluding carboxylic acids is 2. The lowest BCUT2D eigenvalue weighted by molar-refractivity contribution is -0.136. The maximum absolute atomic E-state index is 11.8. The molecule has 0 aromatic heterocycles. The Bertz CT molecular complexity index is 709. The highest BCUT2D eigenvalue weighted by Crippen LogP contribution is 2.17. The average Bonchev–Trinajstić information content (AvgIpc) is 2.52. The summed E-state index contributed by atoms with van der Waals surface area (Å²) in [7, 11) is 0. The van der Waals surface area contributed by atoms with Crippen molar-refractivity contribution >= 4 is 23.7 Å². The molecule has 0 heterocycles. The molecule has 22 heavy (non-hydrogen) atoms. The molecule has 2 amide bonds. The van der Waals surface area contributed by atoms with Crippen molar-refractivity contribution in [1.82, 2.24) is 5.43 Å². The Balaban J connectivity index is 1.94. The van der Waals surface area contributed by atoms with Gasteiger partial charge in [-0.3, -0.25) is 9.59 Å². The second-order valence-corrected chi connectivity index (χ2v) is 4.81. The molecule has 0 aliphatic rings. The van der Waals surface area contributed by atoms with E-state index in [4.69, 9.17) is 0 Å². The van der Waals surface area contributed by atoms with Gasteiger partial charge in [0.1, 0.15) is 0 Å². The fourth-order valence-electron chi connectivity index (χ4n) is 1.82. The van der Waals surface area contributed by atoms with E-state index in [0.717, 1.165) is 16.7 Å². The van der Waals surface area contributed by atoms with Crippen LogP contribution in [0.4, 0.5) is 5.69 Å². The van der Waals surface area contributed by atoms with Crippen LogP contribution < -0.4 is 10.7 Å². The summed E-state index contributed by atoms with van der Waals surface area (Å²) in [5, 5.41) is 6.33. The third-order valence-corrected chi connectivity index (χ3v) is 3.24. The van der Waals surface area contributed by atoms with E-state index >= 15 is 0 Å². The molecule has 2 aromatic carbocycles. The van der Waals surface area contributed by atoms with Gasteiger partial charge in [-0.15, -0.1) is 0 Å². The standard InChI is InChI=1S/C17H17N3O2/c1-12-7-6-10-15(13(12)2)19-16(21)17(22)20-18-11-14-8-4-3-5-9-14/h3-11H,1-2H3,(H,19,21)(H,20,22)/b18-11+. The number of nitrogens with one attached hydrogen (secondary N) is 2. The van der Waals surface area contributed by atoms with Gasteiger partial charge < -0.3 is 5.32 Å². The van der Waals surface area contributed by atoms with Gasteiger partial charge in [0.05, 0.1) is 6.21 Å². The first-order chi connectivity index (χ1) is 10.6. The Morgan fingerprint density at radius 2 is 1.68 bits per heavy atom. The summed E-state index contributed by atoms with van der Waals surface area (Å²) in [6, 6.07) is 14.8. The molecule has 0 aliphatic carbocycles. The molecule has 0 atom stereocenters. The van der Waals surface area contributed by atoms with Crippen LogP contribution in [-0.4, -0.2) is 18.0 Å². The molecule has 2 N–H and O–H groups in total. The molecule has 0 aliphatic heterocycles. The molecular weight excluding hydrogens is 278 g/mol. The molecule has 0 saturated carbocycles. The number of amides is 2. The molecule has 112 valence electrons. The Hall–Kier alpha value is -2.95. The van der Waals surface area contributed by atoms with E-state index in [0.29, 0.717) is 5.69 Å². The monoisotopic (exact) mass is 295 g/mol. The minimum Gasteiger partial charge on any atom is -0.317 e. The number of aryl methyl sites for hydroxylation is 1. The van der Waals surface area contributed by atoms with Crippen molar-refractivity contribution in [2.45, 2.75) is 13.8 Å². The molecule has 0 spiro atoms. The largest absolute Gasteiger partial charge is 0.329 e. The first-order valence-corrected chi connectivity index (χ1v) is 6.83. The average molecular weight is 295 g/mol. The molecule has 0 saturated heterocycles. The molecule has 5 heteroatoms. The number of anilines is 1. The summed E-state index contributed by atoms with van der Waals surface area (Å²) >= 11 is 0. The van der Waals surface area contributed by atoms with Gasteiger partial charge in [0.25, 0.3) is 0 Å². The van der Waals surface area contributed by atoms with E-state index in [1.165, 1.54) is 6.21 Å². The van der Waals surface area contributed by atoms with Crippen molar-refractivity contribution in [3.05, 3.63) is 65.2 Å². The first-order valence-electron chi connectivity index (χ1n) is 6.83. The van der Waals surface area contributed by atoms with Gasteiger partial charge in [-0.25, -0.2) is 5.43 Å². The summed E-state index contributed by atoms with van der Waals surface area (Å²) in [6.07, 6.45) is 1.48. The van der Waals surface area contributed by atoms with Crippen LogP contribution in [0.3, 0.4) is 0 Å². The second kappa shape index (κ2) is 7.17. The van der Waals surface area contributed by atoms with Crippen LogP contribution in [0.5, 0.6) is 0 Å². The lowest BCUT2D eigenvalue weighted by Crippen LogP contribution is -2.32. The Kier molecular flexibility index (Phi) is 5.03. The van der Waals surface area contributed by atoms with Crippen LogP contribution in [0.2, 0.25) is 0 Å². The van der Waals surface area contributed by atoms with Crippen molar-refractivity contribution in [3.8, 4) is 0 Å². The topological polar surface area (TPSA) is 70.6 Å². The van der Waals surface area contributed by atoms with E-state index in [-0.39, 0.29) is 0 Å². The van der Waals surface area contributed by atoms with Crippen LogP contribution >= 0.6 is 0 Å². The van der Waals surface area contributed by atoms with Gasteiger partial charge in [-0.05, 0) is 36.6 Å². The predicted octanol–water partition coefficient (Wildman–Crippen LogP) is 2.39. The van der Waals surface area contributed by atoms with Gasteiger partial charge >= 0.3 is 11.8 Å². The third kappa shape index (κ3) is 4.02. The fourth-order valence-corrected chi connectivity index (χ4v) is 1.82. The lowest BCUT2D eigenvalue weighted by atomic mass is 10.1. The van der Waals surface area contributed by atoms with Crippen molar-refractivity contribution < 1.29 is 9.59 Å². The number of nitrogens with zero attached hydrogens (tertiary/aromatic N) is 1. The van der Waals surface area contributed by atoms with Crippen LogP contribution in [0, 0.1) is 13.8 Å². The van der Waals surface area contributed by atoms with Gasteiger partial charge in [-0.2, -0.15) is 5.10 Å². The quantitative estimate of drug-likeness (QED) is 0.518. The fraction of sp³-hybridized carbons (Fsp3) is 0.118. The predicted molar refractivity (Wildman–Crippen MR) is 86.7 cm³/mol. The SMILES string of the molecule is Cc1cccc(NC(=O)C(=O)N/N=C/c2ccccc2)c1C. The number of rotatable bonds is 3. The van der Waals surface area contributed by atoms with E-state index < -0.39 is 11.8 Å². The Morgan fingerprint density at radius 3 is 2.41 bits per heavy atom. The van der Waals surface area contributed by atoms with E-state index in [2.05, 4.69) is 15.8 Å². The van der Waals surface area contributed by atoms with Crippen LogP contribution in [0.1, 0.15) is 16.7 Å². The van der Waals surface area contributed by atoms with E-state index in [9.17, 15) is 9.59 Å². The minimum atomic E-state index is -0.812. The maximum Gasteiger partial charge on any atom is 0.329 e. The van der Waals surface area contributed by atoms with Crippen LogP contribution in [0.15, 0.2) is 53.6 Å². The van der Waals surface area contributed by atoms with Crippen molar-refractivity contribution in [2.24, 2.45) is 5.10 Å². The summed E-state index contributed by atoms with van der Waals surface area (Å²) in [5.41, 5.74) is 5.62. The Morgan fingerprint density at radius 1 is 0.955 bits per heavy atom. The number of benzene rings is 2. The van der Waals surface area contributed by atoms with E-state index in [1.807, 2.05) is 56.3 Å². The normalized spacial score (nSPS) is 10.5. The maximum atomic E-state index is 11.8. The van der Waals surface area contributed by atoms with E-state index in [1.54, 1.807) is 6.07 Å². The highest BCUT2D eigenvalue weighted by Gasteiger charge is 2.14. The molecule has 0 bridgehead atoms. The molecule has 0 radical (unpaired) electrons. The van der Waals surface area contributed by atoms with Gasteiger partial charge in [0, 0.05) is 5.69 Å². The zero-order chi connectivity index (χ0) is 15.9. The smallest absolute Gasteiger partial charge is 0.317 e. The molecule has 2 rings (SSSR count).